The fourth-order valence-corrected chi connectivity index (χ4v) is 4.00. The van der Waals surface area contributed by atoms with Gasteiger partial charge in [0.1, 0.15) is 6.33 Å². The monoisotopic (exact) mass is 427 g/mol. The van der Waals surface area contributed by atoms with Crippen molar-refractivity contribution in [2.45, 2.75) is 13.5 Å². The summed E-state index contributed by atoms with van der Waals surface area (Å²) in [5.41, 5.74) is 3.19. The number of nitrogens with one attached hydrogen (secondary N) is 1. The van der Waals surface area contributed by atoms with Gasteiger partial charge in [0, 0.05) is 21.6 Å². The molecule has 0 atom stereocenters. The Labute approximate surface area is 142 Å². The summed E-state index contributed by atoms with van der Waals surface area (Å²) in [6.07, 6.45) is 1.59. The highest BCUT2D eigenvalue weighted by Gasteiger charge is 2.06. The molecule has 8 heteroatoms. The first kappa shape index (κ1) is 14.7. The van der Waals surface area contributed by atoms with Crippen molar-refractivity contribution in [3.05, 3.63) is 49.3 Å². The first-order valence-corrected chi connectivity index (χ1v) is 8.55. The van der Waals surface area contributed by atoms with Gasteiger partial charge in [0.15, 0.2) is 0 Å². The van der Waals surface area contributed by atoms with E-state index in [0.29, 0.717) is 0 Å². The summed E-state index contributed by atoms with van der Waals surface area (Å²) in [7, 11) is 0. The summed E-state index contributed by atoms with van der Waals surface area (Å²) in [6.45, 7) is 2.85. The lowest BCUT2D eigenvalue weighted by Crippen LogP contribution is -2.02. The zero-order chi connectivity index (χ0) is 14.8. The third-order valence-corrected chi connectivity index (χ3v) is 6.24. The van der Waals surface area contributed by atoms with E-state index in [4.69, 9.17) is 0 Å². The molecule has 0 saturated heterocycles. The number of halogens is 2. The summed E-state index contributed by atoms with van der Waals surface area (Å²) < 4.78 is 3.84. The maximum Gasteiger partial charge on any atom is 0.143 e. The lowest BCUT2D eigenvalue weighted by atomic mass is 10.2. The van der Waals surface area contributed by atoms with Gasteiger partial charge in [-0.1, -0.05) is 6.07 Å². The van der Waals surface area contributed by atoms with Crippen LogP contribution in [0.15, 0.2) is 38.9 Å². The molecule has 0 aliphatic carbocycles. The molecule has 1 N–H and O–H groups in total. The Balaban J connectivity index is 1.80. The van der Waals surface area contributed by atoms with Crippen LogP contribution in [0.5, 0.6) is 0 Å². The number of tetrazole rings is 1. The van der Waals surface area contributed by atoms with Gasteiger partial charge in [-0.2, -0.15) is 0 Å². The highest BCUT2D eigenvalue weighted by molar-refractivity contribution is 9.13. The SMILES string of the molecule is Cc1ccc(-n2cnnn2)cc1NCc1cc(Br)c(Br)s1. The van der Waals surface area contributed by atoms with Gasteiger partial charge in [0.25, 0.3) is 0 Å². The van der Waals surface area contributed by atoms with Crippen molar-refractivity contribution >= 4 is 48.9 Å². The van der Waals surface area contributed by atoms with E-state index in [-0.39, 0.29) is 0 Å². The van der Waals surface area contributed by atoms with Crippen molar-refractivity contribution in [3.8, 4) is 5.69 Å². The Morgan fingerprint density at radius 1 is 1.29 bits per heavy atom. The number of hydrogen-bond acceptors (Lipinski definition) is 5. The third kappa shape index (κ3) is 3.33. The van der Waals surface area contributed by atoms with E-state index >= 15 is 0 Å². The fraction of sp³-hybridized carbons (Fsp3) is 0.154. The molecule has 3 aromatic rings. The number of nitrogens with zero attached hydrogens (tertiary/aromatic N) is 4. The molecule has 0 aliphatic rings. The molecule has 108 valence electrons. The molecule has 0 spiro atoms. The maximum atomic E-state index is 3.91. The van der Waals surface area contributed by atoms with Crippen molar-refractivity contribution in [3.63, 3.8) is 0 Å². The second kappa shape index (κ2) is 6.25. The van der Waals surface area contributed by atoms with E-state index in [1.807, 2.05) is 12.1 Å². The van der Waals surface area contributed by atoms with Gasteiger partial charge in [0.2, 0.25) is 0 Å². The standard InChI is InChI=1S/C13H11Br2N5S/c1-8-2-3-9(20-7-17-18-19-20)4-12(8)16-6-10-5-11(14)13(15)21-10/h2-5,7,16H,6H2,1H3. The molecule has 21 heavy (non-hydrogen) atoms. The normalized spacial score (nSPS) is 10.8. The van der Waals surface area contributed by atoms with Crippen LogP contribution in [0.25, 0.3) is 5.69 Å². The van der Waals surface area contributed by atoms with Gasteiger partial charge in [-0.3, -0.25) is 0 Å². The Bertz CT molecular complexity index is 735. The third-order valence-electron chi connectivity index (χ3n) is 2.98. The predicted molar refractivity (Wildman–Crippen MR) is 90.9 cm³/mol. The van der Waals surface area contributed by atoms with Crippen LogP contribution < -0.4 is 5.32 Å². The molecule has 0 radical (unpaired) electrons. The summed E-state index contributed by atoms with van der Waals surface area (Å²) in [5.74, 6) is 0. The van der Waals surface area contributed by atoms with E-state index in [9.17, 15) is 0 Å². The molecule has 0 aliphatic heterocycles. The van der Waals surface area contributed by atoms with Crippen LogP contribution in [0.1, 0.15) is 10.4 Å². The number of aryl methyl sites for hydroxylation is 1. The molecule has 2 heterocycles. The van der Waals surface area contributed by atoms with Gasteiger partial charge in [-0.15, -0.1) is 16.4 Å². The number of aromatic nitrogens is 4. The van der Waals surface area contributed by atoms with E-state index in [0.717, 1.165) is 26.2 Å². The lowest BCUT2D eigenvalue weighted by Gasteiger charge is -2.10. The average molecular weight is 429 g/mol. The number of benzene rings is 1. The van der Waals surface area contributed by atoms with Crippen molar-refractivity contribution < 1.29 is 0 Å². The fourth-order valence-electron chi connectivity index (χ4n) is 1.88. The summed E-state index contributed by atoms with van der Waals surface area (Å²) in [6, 6.07) is 8.21. The zero-order valence-electron chi connectivity index (χ0n) is 11.0. The number of hydrogen-bond donors (Lipinski definition) is 1. The Morgan fingerprint density at radius 2 is 2.14 bits per heavy atom. The van der Waals surface area contributed by atoms with Crippen LogP contribution >= 0.6 is 43.2 Å². The number of anilines is 1. The Kier molecular flexibility index (Phi) is 4.37. The quantitative estimate of drug-likeness (QED) is 0.677. The molecular formula is C13H11Br2N5S. The number of thiophene rings is 1. The summed E-state index contributed by atoms with van der Waals surface area (Å²) >= 11 is 8.73. The maximum absolute atomic E-state index is 3.91. The van der Waals surface area contributed by atoms with Crippen molar-refractivity contribution in [2.75, 3.05) is 5.32 Å². The van der Waals surface area contributed by atoms with Gasteiger partial charge in [-0.25, -0.2) is 4.68 Å². The van der Waals surface area contributed by atoms with Gasteiger partial charge in [0.05, 0.1) is 9.47 Å². The molecular weight excluding hydrogens is 418 g/mol. The van der Waals surface area contributed by atoms with Crippen LogP contribution in [0, 0.1) is 6.92 Å². The first-order chi connectivity index (χ1) is 10.1. The topological polar surface area (TPSA) is 55.6 Å². The second-order valence-electron chi connectivity index (χ2n) is 4.44. The highest BCUT2D eigenvalue weighted by atomic mass is 79.9. The number of rotatable bonds is 4. The molecule has 1 aromatic carbocycles. The van der Waals surface area contributed by atoms with E-state index in [1.54, 1.807) is 22.3 Å². The molecule has 3 rings (SSSR count). The minimum absolute atomic E-state index is 0.773. The van der Waals surface area contributed by atoms with Crippen LogP contribution in [-0.4, -0.2) is 20.2 Å². The van der Waals surface area contributed by atoms with Crippen LogP contribution in [0.4, 0.5) is 5.69 Å². The molecule has 0 amide bonds. The van der Waals surface area contributed by atoms with E-state index in [2.05, 4.69) is 71.8 Å². The molecule has 0 saturated carbocycles. The highest BCUT2D eigenvalue weighted by Crippen LogP contribution is 2.33. The second-order valence-corrected chi connectivity index (χ2v) is 7.75. The lowest BCUT2D eigenvalue weighted by molar-refractivity contribution is 0.789. The smallest absolute Gasteiger partial charge is 0.143 e. The summed E-state index contributed by atoms with van der Waals surface area (Å²) in [5, 5.41) is 14.7. The van der Waals surface area contributed by atoms with E-state index in [1.165, 1.54) is 10.4 Å². The largest absolute Gasteiger partial charge is 0.380 e. The van der Waals surface area contributed by atoms with Crippen LogP contribution in [0.2, 0.25) is 0 Å². The van der Waals surface area contributed by atoms with Gasteiger partial charge in [-0.05, 0) is 73.0 Å². The average Bonchev–Trinajstić information content (AvgIpc) is 3.09. The Hall–Kier alpha value is -1.25. The van der Waals surface area contributed by atoms with E-state index < -0.39 is 0 Å². The minimum Gasteiger partial charge on any atom is -0.380 e. The van der Waals surface area contributed by atoms with Gasteiger partial charge >= 0.3 is 0 Å². The molecule has 0 bridgehead atoms. The van der Waals surface area contributed by atoms with Crippen LogP contribution in [-0.2, 0) is 6.54 Å². The molecule has 5 nitrogen and oxygen atoms in total. The zero-order valence-corrected chi connectivity index (χ0v) is 15.0. The van der Waals surface area contributed by atoms with Crippen molar-refractivity contribution in [1.82, 2.24) is 20.2 Å². The van der Waals surface area contributed by atoms with Crippen molar-refractivity contribution in [2.24, 2.45) is 0 Å². The predicted octanol–water partition coefficient (Wildman–Crippen LogP) is 4.17. The summed E-state index contributed by atoms with van der Waals surface area (Å²) in [4.78, 5) is 1.25. The Morgan fingerprint density at radius 3 is 2.81 bits per heavy atom. The molecule has 0 unspecified atom stereocenters. The van der Waals surface area contributed by atoms with Gasteiger partial charge < -0.3 is 5.32 Å². The minimum atomic E-state index is 0.773. The molecule has 2 aromatic heterocycles. The van der Waals surface area contributed by atoms with Crippen LogP contribution in [0.3, 0.4) is 0 Å². The molecule has 0 fully saturated rings. The van der Waals surface area contributed by atoms with Crippen molar-refractivity contribution in [1.29, 1.82) is 0 Å². The first-order valence-electron chi connectivity index (χ1n) is 6.15.